The zero-order valence-electron chi connectivity index (χ0n) is 11.9. The van der Waals surface area contributed by atoms with Gasteiger partial charge < -0.3 is 14.2 Å². The smallest absolute Gasteiger partial charge is 0.330 e. The normalized spacial score (nSPS) is 39.0. The second-order valence-corrected chi connectivity index (χ2v) is 6.08. The molecule has 3 fully saturated rings. The Hall–Kier alpha value is -1.85. The minimum absolute atomic E-state index is 0.0130. The van der Waals surface area contributed by atoms with E-state index in [2.05, 4.69) is 6.58 Å². The second kappa shape index (κ2) is 4.86. The molecule has 114 valence electrons. The van der Waals surface area contributed by atoms with E-state index in [9.17, 15) is 14.4 Å². The van der Waals surface area contributed by atoms with Gasteiger partial charge in [0.25, 0.3) is 0 Å². The highest BCUT2D eigenvalue weighted by atomic mass is 16.6. The topological polar surface area (TPSA) is 78.9 Å². The van der Waals surface area contributed by atoms with E-state index in [0.717, 1.165) is 18.9 Å². The molecule has 1 saturated heterocycles. The van der Waals surface area contributed by atoms with Gasteiger partial charge in [0.05, 0.1) is 12.3 Å². The van der Waals surface area contributed by atoms with E-state index in [4.69, 9.17) is 14.2 Å². The Morgan fingerprint density at radius 2 is 2.24 bits per heavy atom. The van der Waals surface area contributed by atoms with Gasteiger partial charge >= 0.3 is 17.9 Å². The van der Waals surface area contributed by atoms with Crippen LogP contribution < -0.4 is 0 Å². The summed E-state index contributed by atoms with van der Waals surface area (Å²) in [5.74, 6) is -0.845. The molecule has 2 aliphatic carbocycles. The Bertz CT molecular complexity index is 512. The van der Waals surface area contributed by atoms with Crippen LogP contribution in [-0.4, -0.2) is 36.2 Å². The molecule has 5 atom stereocenters. The average Bonchev–Trinajstić information content (AvgIpc) is 3.02. The fraction of sp³-hybridized carbons (Fsp3) is 0.667. The average molecular weight is 294 g/mol. The summed E-state index contributed by atoms with van der Waals surface area (Å²) in [6.07, 6.45) is 2.26. The first kappa shape index (κ1) is 14.1. The Kier molecular flexibility index (Phi) is 3.26. The van der Waals surface area contributed by atoms with Crippen LogP contribution >= 0.6 is 0 Å². The molecular weight excluding hydrogens is 276 g/mol. The zero-order valence-corrected chi connectivity index (χ0v) is 11.9. The van der Waals surface area contributed by atoms with Gasteiger partial charge in [-0.3, -0.25) is 9.59 Å². The highest BCUT2D eigenvalue weighted by Gasteiger charge is 2.70. The van der Waals surface area contributed by atoms with Crippen molar-refractivity contribution < 1.29 is 28.6 Å². The van der Waals surface area contributed by atoms with Crippen molar-refractivity contribution >= 4 is 17.9 Å². The minimum atomic E-state index is -0.682. The minimum Gasteiger partial charge on any atom is -0.462 e. The first-order chi connectivity index (χ1) is 9.95. The monoisotopic (exact) mass is 294 g/mol. The molecule has 0 aromatic rings. The van der Waals surface area contributed by atoms with Gasteiger partial charge in [0.2, 0.25) is 0 Å². The number of hydrogen-bond donors (Lipinski definition) is 0. The van der Waals surface area contributed by atoms with Crippen LogP contribution in [0.3, 0.4) is 0 Å². The SMILES string of the molecule is C=CC(=O)OCCC(=O)OC1C2CC3C(=O)OC1(C)C3C2. The second-order valence-electron chi connectivity index (χ2n) is 6.08. The molecule has 6 nitrogen and oxygen atoms in total. The summed E-state index contributed by atoms with van der Waals surface area (Å²) in [5, 5.41) is 0. The standard InChI is InChI=1S/C15H18O6/c1-3-11(16)19-5-4-12(17)20-13-8-6-9-10(7-8)15(13,2)21-14(9)18/h3,8-10,13H,1,4-7H2,2H3. The lowest BCUT2D eigenvalue weighted by Gasteiger charge is -2.34. The molecule has 0 spiro atoms. The van der Waals surface area contributed by atoms with E-state index >= 15 is 0 Å². The third kappa shape index (κ3) is 2.13. The molecule has 5 unspecified atom stereocenters. The van der Waals surface area contributed by atoms with Crippen molar-refractivity contribution in [2.75, 3.05) is 6.61 Å². The van der Waals surface area contributed by atoms with Gasteiger partial charge in [-0.25, -0.2) is 4.79 Å². The molecule has 0 amide bonds. The van der Waals surface area contributed by atoms with Crippen LogP contribution in [0, 0.1) is 17.8 Å². The van der Waals surface area contributed by atoms with Crippen LogP contribution in [-0.2, 0) is 28.6 Å². The van der Waals surface area contributed by atoms with Crippen molar-refractivity contribution in [2.45, 2.75) is 37.9 Å². The van der Waals surface area contributed by atoms with E-state index in [1.54, 1.807) is 0 Å². The number of carbonyl (C=O) groups excluding carboxylic acids is 3. The molecule has 3 aliphatic rings. The van der Waals surface area contributed by atoms with Gasteiger partial charge in [0.1, 0.15) is 18.3 Å². The van der Waals surface area contributed by atoms with Crippen LogP contribution in [0.2, 0.25) is 0 Å². The number of carbonyl (C=O) groups is 3. The fourth-order valence-electron chi connectivity index (χ4n) is 4.03. The Morgan fingerprint density at radius 1 is 1.48 bits per heavy atom. The predicted molar refractivity (Wildman–Crippen MR) is 69.9 cm³/mol. The van der Waals surface area contributed by atoms with Crippen molar-refractivity contribution in [2.24, 2.45) is 17.8 Å². The van der Waals surface area contributed by atoms with Gasteiger partial charge in [0, 0.05) is 17.9 Å². The lowest BCUT2D eigenvalue weighted by Crippen LogP contribution is -2.46. The fourth-order valence-corrected chi connectivity index (χ4v) is 4.03. The van der Waals surface area contributed by atoms with E-state index in [1.165, 1.54) is 0 Å². The lowest BCUT2D eigenvalue weighted by atomic mass is 9.79. The molecule has 21 heavy (non-hydrogen) atoms. The summed E-state index contributed by atoms with van der Waals surface area (Å²) in [4.78, 5) is 34.5. The molecule has 3 rings (SSSR count). The van der Waals surface area contributed by atoms with E-state index < -0.39 is 17.5 Å². The summed E-state index contributed by atoms with van der Waals surface area (Å²) in [6, 6.07) is 0. The van der Waals surface area contributed by atoms with Crippen LogP contribution in [0.15, 0.2) is 12.7 Å². The first-order valence-corrected chi connectivity index (χ1v) is 7.17. The molecule has 0 aromatic heterocycles. The maximum atomic E-state index is 11.9. The number of ether oxygens (including phenoxy) is 3. The molecule has 1 heterocycles. The molecule has 0 N–H and O–H groups in total. The Morgan fingerprint density at radius 3 is 2.95 bits per heavy atom. The summed E-state index contributed by atoms with van der Waals surface area (Å²) >= 11 is 0. The number of esters is 3. The van der Waals surface area contributed by atoms with Crippen molar-refractivity contribution in [3.8, 4) is 0 Å². The van der Waals surface area contributed by atoms with Gasteiger partial charge in [-0.2, -0.15) is 0 Å². The molecular formula is C15H18O6. The Labute approximate surface area is 122 Å². The summed E-state index contributed by atoms with van der Waals surface area (Å²) in [5.41, 5.74) is -0.682. The van der Waals surface area contributed by atoms with Crippen LogP contribution in [0.4, 0.5) is 0 Å². The molecule has 2 bridgehead atoms. The zero-order chi connectivity index (χ0) is 15.2. The van der Waals surface area contributed by atoms with Crippen LogP contribution in [0.25, 0.3) is 0 Å². The van der Waals surface area contributed by atoms with Crippen LogP contribution in [0.5, 0.6) is 0 Å². The van der Waals surface area contributed by atoms with E-state index in [0.29, 0.717) is 0 Å². The largest absolute Gasteiger partial charge is 0.462 e. The number of rotatable bonds is 5. The summed E-state index contributed by atoms with van der Waals surface area (Å²) in [7, 11) is 0. The van der Waals surface area contributed by atoms with Gasteiger partial charge in [-0.1, -0.05) is 6.58 Å². The summed E-state index contributed by atoms with van der Waals surface area (Å²) in [6.45, 7) is 5.08. The van der Waals surface area contributed by atoms with Gasteiger partial charge in [-0.15, -0.1) is 0 Å². The van der Waals surface area contributed by atoms with Gasteiger partial charge in [0.15, 0.2) is 0 Å². The third-order valence-electron chi connectivity index (χ3n) is 4.93. The molecule has 0 radical (unpaired) electrons. The van der Waals surface area contributed by atoms with E-state index in [1.807, 2.05) is 6.92 Å². The summed E-state index contributed by atoms with van der Waals surface area (Å²) < 4.78 is 15.7. The highest BCUT2D eigenvalue weighted by molar-refractivity contribution is 5.81. The predicted octanol–water partition coefficient (Wildman–Crippen LogP) is 0.989. The third-order valence-corrected chi connectivity index (χ3v) is 4.93. The molecule has 0 aromatic carbocycles. The molecule has 1 aliphatic heterocycles. The maximum absolute atomic E-state index is 11.9. The highest BCUT2D eigenvalue weighted by Crippen LogP contribution is 2.61. The maximum Gasteiger partial charge on any atom is 0.330 e. The van der Waals surface area contributed by atoms with Gasteiger partial charge in [-0.05, 0) is 19.8 Å². The van der Waals surface area contributed by atoms with E-state index in [-0.39, 0.29) is 42.9 Å². The molecule has 6 heteroatoms. The van der Waals surface area contributed by atoms with Crippen molar-refractivity contribution in [1.82, 2.24) is 0 Å². The lowest BCUT2D eigenvalue weighted by molar-refractivity contribution is -0.175. The van der Waals surface area contributed by atoms with Crippen molar-refractivity contribution in [1.29, 1.82) is 0 Å². The first-order valence-electron chi connectivity index (χ1n) is 7.17. The number of fused-ring (bicyclic) bond motifs is 1. The quantitative estimate of drug-likeness (QED) is 0.427. The van der Waals surface area contributed by atoms with Crippen molar-refractivity contribution in [3.05, 3.63) is 12.7 Å². The van der Waals surface area contributed by atoms with Crippen LogP contribution in [0.1, 0.15) is 26.2 Å². The Balaban J connectivity index is 1.56. The van der Waals surface area contributed by atoms with Crippen molar-refractivity contribution in [3.63, 3.8) is 0 Å². The number of hydrogen-bond acceptors (Lipinski definition) is 6. The molecule has 2 saturated carbocycles.